The van der Waals surface area contributed by atoms with Crippen molar-refractivity contribution in [3.05, 3.63) is 29.2 Å². The van der Waals surface area contributed by atoms with E-state index in [1.165, 1.54) is 11.4 Å². The maximum absolute atomic E-state index is 13.2. The van der Waals surface area contributed by atoms with Crippen LogP contribution in [0.2, 0.25) is 0 Å². The highest BCUT2D eigenvalue weighted by atomic mass is 32.2. The van der Waals surface area contributed by atoms with Crippen molar-refractivity contribution >= 4 is 15.7 Å². The van der Waals surface area contributed by atoms with E-state index in [9.17, 15) is 8.42 Å². The Balaban J connectivity index is 2.19. The summed E-state index contributed by atoms with van der Waals surface area (Å²) in [7, 11) is -0.672. The minimum Gasteiger partial charge on any atom is -0.497 e. The number of hydrogen-bond donors (Lipinski definition) is 0. The third-order valence-corrected chi connectivity index (χ3v) is 6.25. The Bertz CT molecular complexity index is 853. The van der Waals surface area contributed by atoms with Gasteiger partial charge in [-0.15, -0.1) is 0 Å². The average Bonchev–Trinajstić information content (AvgIpc) is 2.92. The van der Waals surface area contributed by atoms with E-state index in [0.29, 0.717) is 35.8 Å². The van der Waals surface area contributed by atoms with E-state index in [4.69, 9.17) is 14.0 Å². The van der Waals surface area contributed by atoms with E-state index in [2.05, 4.69) is 5.16 Å². The average molecular weight is 352 g/mol. The number of fused-ring (bicyclic) bond motifs is 1. The highest BCUT2D eigenvalue weighted by Crippen LogP contribution is 2.41. The first-order valence-electron chi connectivity index (χ1n) is 7.60. The number of hydrogen-bond acceptors (Lipinski definition) is 6. The van der Waals surface area contributed by atoms with Gasteiger partial charge in [0.05, 0.1) is 19.9 Å². The number of aromatic nitrogens is 1. The molecule has 0 radical (unpaired) electrons. The Labute approximate surface area is 141 Å². The summed E-state index contributed by atoms with van der Waals surface area (Å²) in [5.74, 6) is 1.46. The van der Waals surface area contributed by atoms with Crippen molar-refractivity contribution < 1.29 is 22.4 Å². The summed E-state index contributed by atoms with van der Waals surface area (Å²) in [5.41, 5.74) is 1.80. The second-order valence-corrected chi connectivity index (χ2v) is 7.46. The SMILES string of the molecule is COc1cc(OC)c2c(c1)N(S(=O)(=O)c1c(C)noc1C)CCC2. The van der Waals surface area contributed by atoms with Crippen LogP contribution in [-0.2, 0) is 16.4 Å². The third kappa shape index (κ3) is 2.50. The van der Waals surface area contributed by atoms with E-state index in [1.54, 1.807) is 33.1 Å². The second-order valence-electron chi connectivity index (χ2n) is 5.66. The topological polar surface area (TPSA) is 81.9 Å². The fourth-order valence-corrected chi connectivity index (χ4v) is 4.93. The number of methoxy groups -OCH3 is 2. The number of anilines is 1. The van der Waals surface area contributed by atoms with E-state index < -0.39 is 10.0 Å². The molecule has 3 rings (SSSR count). The van der Waals surface area contributed by atoms with Crippen molar-refractivity contribution in [3.63, 3.8) is 0 Å². The molecule has 0 amide bonds. The molecule has 1 aromatic heterocycles. The quantitative estimate of drug-likeness (QED) is 0.841. The molecule has 24 heavy (non-hydrogen) atoms. The summed E-state index contributed by atoms with van der Waals surface area (Å²) in [6.45, 7) is 3.61. The van der Waals surface area contributed by atoms with Crippen molar-refractivity contribution in [1.29, 1.82) is 0 Å². The summed E-state index contributed by atoms with van der Waals surface area (Å²) in [6.07, 6.45) is 1.45. The molecule has 0 spiro atoms. The van der Waals surface area contributed by atoms with Gasteiger partial charge < -0.3 is 14.0 Å². The fraction of sp³-hybridized carbons (Fsp3) is 0.438. The first kappa shape index (κ1) is 16.6. The Morgan fingerprint density at radius 1 is 1.21 bits per heavy atom. The lowest BCUT2D eigenvalue weighted by Gasteiger charge is -2.31. The van der Waals surface area contributed by atoms with E-state index in [1.807, 2.05) is 0 Å². The van der Waals surface area contributed by atoms with E-state index >= 15 is 0 Å². The Kier molecular flexibility index (Phi) is 4.16. The van der Waals surface area contributed by atoms with Crippen LogP contribution in [0, 0.1) is 13.8 Å². The lowest BCUT2D eigenvalue weighted by molar-refractivity contribution is 0.390. The molecule has 1 aliphatic rings. The number of nitrogens with zero attached hydrogens (tertiary/aromatic N) is 2. The maximum Gasteiger partial charge on any atom is 0.269 e. The molecular weight excluding hydrogens is 332 g/mol. The Hall–Kier alpha value is -2.22. The zero-order chi connectivity index (χ0) is 17.5. The van der Waals surface area contributed by atoms with Crippen LogP contribution >= 0.6 is 0 Å². The van der Waals surface area contributed by atoms with Crippen LogP contribution in [0.4, 0.5) is 5.69 Å². The van der Waals surface area contributed by atoms with E-state index in [0.717, 1.165) is 12.0 Å². The largest absolute Gasteiger partial charge is 0.497 e. The summed E-state index contributed by atoms with van der Waals surface area (Å²) in [4.78, 5) is 0.122. The minimum absolute atomic E-state index is 0.122. The Morgan fingerprint density at radius 2 is 1.96 bits per heavy atom. The number of sulfonamides is 1. The highest BCUT2D eigenvalue weighted by Gasteiger charge is 2.35. The molecule has 1 aliphatic heterocycles. The van der Waals surface area contributed by atoms with Crippen LogP contribution in [0.15, 0.2) is 21.6 Å². The van der Waals surface area contributed by atoms with Crippen LogP contribution in [0.3, 0.4) is 0 Å². The molecule has 2 aromatic rings. The number of ether oxygens (including phenoxy) is 2. The van der Waals surface area contributed by atoms with Crippen LogP contribution < -0.4 is 13.8 Å². The molecule has 0 unspecified atom stereocenters. The zero-order valence-corrected chi connectivity index (χ0v) is 14.9. The van der Waals surface area contributed by atoms with Crippen molar-refractivity contribution in [1.82, 2.24) is 5.16 Å². The molecule has 0 aliphatic carbocycles. The molecule has 2 heterocycles. The van der Waals surface area contributed by atoms with Gasteiger partial charge in [0.15, 0.2) is 10.7 Å². The standard InChI is InChI=1S/C16H20N2O5S/c1-10-16(11(2)23-17-10)24(19,20)18-7-5-6-13-14(18)8-12(21-3)9-15(13)22-4/h8-9H,5-7H2,1-4H3. The van der Waals surface area contributed by atoms with Gasteiger partial charge in [-0.05, 0) is 26.7 Å². The monoisotopic (exact) mass is 352 g/mol. The molecule has 0 bridgehead atoms. The number of aryl methyl sites for hydroxylation is 2. The van der Waals surface area contributed by atoms with Gasteiger partial charge in [-0.1, -0.05) is 5.16 Å². The molecule has 8 heteroatoms. The molecule has 0 saturated carbocycles. The number of benzene rings is 1. The first-order chi connectivity index (χ1) is 11.4. The summed E-state index contributed by atoms with van der Waals surface area (Å²) >= 11 is 0. The summed E-state index contributed by atoms with van der Waals surface area (Å²) in [6, 6.07) is 3.50. The van der Waals surface area contributed by atoms with Crippen LogP contribution in [0.25, 0.3) is 0 Å². The predicted octanol–water partition coefficient (Wildman–Crippen LogP) is 2.45. The molecule has 0 fully saturated rings. The maximum atomic E-state index is 13.2. The van der Waals surface area contributed by atoms with Gasteiger partial charge in [-0.3, -0.25) is 4.31 Å². The van der Waals surface area contributed by atoms with Crippen LogP contribution in [0.5, 0.6) is 11.5 Å². The van der Waals surface area contributed by atoms with Gasteiger partial charge in [-0.2, -0.15) is 0 Å². The van der Waals surface area contributed by atoms with Crippen LogP contribution in [0.1, 0.15) is 23.4 Å². The normalized spacial score (nSPS) is 14.4. The van der Waals surface area contributed by atoms with Gasteiger partial charge >= 0.3 is 0 Å². The Morgan fingerprint density at radius 3 is 2.54 bits per heavy atom. The molecule has 0 saturated heterocycles. The molecule has 0 N–H and O–H groups in total. The van der Waals surface area contributed by atoms with Gasteiger partial charge in [0.25, 0.3) is 10.0 Å². The molecular formula is C16H20N2O5S. The van der Waals surface area contributed by atoms with Crippen LogP contribution in [-0.4, -0.2) is 34.3 Å². The zero-order valence-electron chi connectivity index (χ0n) is 14.1. The lowest BCUT2D eigenvalue weighted by atomic mass is 10.0. The van der Waals surface area contributed by atoms with Gasteiger partial charge in [0, 0.05) is 24.2 Å². The molecule has 130 valence electrons. The highest BCUT2D eigenvalue weighted by molar-refractivity contribution is 7.93. The van der Waals surface area contributed by atoms with Crippen molar-refractivity contribution in [2.45, 2.75) is 31.6 Å². The smallest absolute Gasteiger partial charge is 0.269 e. The van der Waals surface area contributed by atoms with Crippen molar-refractivity contribution in [2.75, 3.05) is 25.1 Å². The van der Waals surface area contributed by atoms with E-state index in [-0.39, 0.29) is 10.7 Å². The molecule has 7 nitrogen and oxygen atoms in total. The minimum atomic E-state index is -3.78. The second kappa shape index (κ2) is 6.01. The number of rotatable bonds is 4. The lowest BCUT2D eigenvalue weighted by Crippen LogP contribution is -2.36. The van der Waals surface area contributed by atoms with Crippen molar-refractivity contribution in [2.24, 2.45) is 0 Å². The molecule has 0 atom stereocenters. The van der Waals surface area contributed by atoms with Gasteiger partial charge in [0.2, 0.25) is 0 Å². The molecule has 1 aromatic carbocycles. The van der Waals surface area contributed by atoms with Crippen molar-refractivity contribution in [3.8, 4) is 11.5 Å². The first-order valence-corrected chi connectivity index (χ1v) is 9.04. The third-order valence-electron chi connectivity index (χ3n) is 4.19. The fourth-order valence-electron chi connectivity index (χ4n) is 3.10. The summed E-state index contributed by atoms with van der Waals surface area (Å²) in [5, 5.41) is 3.77. The van der Waals surface area contributed by atoms with Gasteiger partial charge in [0.1, 0.15) is 17.2 Å². The summed E-state index contributed by atoms with van der Waals surface area (Å²) < 4.78 is 43.5. The predicted molar refractivity (Wildman–Crippen MR) is 88.4 cm³/mol. The van der Waals surface area contributed by atoms with Gasteiger partial charge in [-0.25, -0.2) is 8.42 Å².